The maximum Gasteiger partial charge on any atom is 0.212 e. The van der Waals surface area contributed by atoms with Crippen LogP contribution in [0.1, 0.15) is 25.8 Å². The number of aromatic nitrogens is 1. The van der Waals surface area contributed by atoms with Crippen LogP contribution in [-0.2, 0) is 6.54 Å². The van der Waals surface area contributed by atoms with E-state index in [0.717, 1.165) is 18.5 Å². The summed E-state index contributed by atoms with van der Waals surface area (Å²) >= 11 is 0. The van der Waals surface area contributed by atoms with Crippen molar-refractivity contribution in [2.24, 2.45) is 5.92 Å². The SMILES string of the molecule is COc1ccc(CNC(CO)CC(C)C)cn1. The lowest BCUT2D eigenvalue weighted by atomic mass is 10.0. The third kappa shape index (κ3) is 5.15. The summed E-state index contributed by atoms with van der Waals surface area (Å²) in [5.74, 6) is 1.20. The number of aliphatic hydroxyl groups excluding tert-OH is 1. The van der Waals surface area contributed by atoms with Crippen LogP contribution in [-0.4, -0.2) is 29.8 Å². The number of hydrogen-bond acceptors (Lipinski definition) is 4. The van der Waals surface area contributed by atoms with Gasteiger partial charge in [0.1, 0.15) is 0 Å². The molecule has 0 aliphatic carbocycles. The highest BCUT2D eigenvalue weighted by Gasteiger charge is 2.08. The number of aliphatic hydroxyl groups is 1. The Morgan fingerprint density at radius 2 is 2.18 bits per heavy atom. The molecule has 1 rings (SSSR count). The van der Waals surface area contributed by atoms with E-state index in [0.29, 0.717) is 11.8 Å². The third-order valence-electron chi connectivity index (χ3n) is 2.58. The van der Waals surface area contributed by atoms with Crippen molar-refractivity contribution in [3.8, 4) is 5.88 Å². The molecule has 96 valence electrons. The van der Waals surface area contributed by atoms with Gasteiger partial charge in [0.25, 0.3) is 0 Å². The second kappa shape index (κ2) is 7.25. The van der Waals surface area contributed by atoms with Crippen molar-refractivity contribution in [1.29, 1.82) is 0 Å². The summed E-state index contributed by atoms with van der Waals surface area (Å²) in [7, 11) is 1.60. The van der Waals surface area contributed by atoms with E-state index in [2.05, 4.69) is 24.1 Å². The van der Waals surface area contributed by atoms with Crippen molar-refractivity contribution in [1.82, 2.24) is 10.3 Å². The Hall–Kier alpha value is -1.13. The van der Waals surface area contributed by atoms with Gasteiger partial charge in [-0.25, -0.2) is 4.98 Å². The Morgan fingerprint density at radius 3 is 2.65 bits per heavy atom. The Bertz CT molecular complexity index is 312. The lowest BCUT2D eigenvalue weighted by molar-refractivity contribution is 0.223. The Labute approximate surface area is 103 Å². The van der Waals surface area contributed by atoms with Gasteiger partial charge in [-0.05, 0) is 17.9 Å². The van der Waals surface area contributed by atoms with Crippen LogP contribution < -0.4 is 10.1 Å². The highest BCUT2D eigenvalue weighted by Crippen LogP contribution is 2.08. The molecule has 1 aromatic heterocycles. The van der Waals surface area contributed by atoms with E-state index in [1.165, 1.54) is 0 Å². The summed E-state index contributed by atoms with van der Waals surface area (Å²) in [5.41, 5.74) is 1.09. The number of hydrogen-bond donors (Lipinski definition) is 2. The van der Waals surface area contributed by atoms with Gasteiger partial charge in [0.15, 0.2) is 0 Å². The zero-order valence-corrected chi connectivity index (χ0v) is 10.8. The number of methoxy groups -OCH3 is 1. The zero-order valence-electron chi connectivity index (χ0n) is 10.8. The van der Waals surface area contributed by atoms with Crippen LogP contribution in [0.4, 0.5) is 0 Å². The van der Waals surface area contributed by atoms with Gasteiger partial charge < -0.3 is 15.2 Å². The minimum Gasteiger partial charge on any atom is -0.481 e. The molecule has 4 nitrogen and oxygen atoms in total. The summed E-state index contributed by atoms with van der Waals surface area (Å²) in [6.07, 6.45) is 2.76. The van der Waals surface area contributed by atoms with E-state index in [1.54, 1.807) is 13.3 Å². The minimum absolute atomic E-state index is 0.150. The van der Waals surface area contributed by atoms with Crippen LogP contribution >= 0.6 is 0 Å². The minimum atomic E-state index is 0.150. The maximum atomic E-state index is 9.24. The first-order valence-electron chi connectivity index (χ1n) is 5.98. The van der Waals surface area contributed by atoms with Gasteiger partial charge in [-0.2, -0.15) is 0 Å². The first-order valence-corrected chi connectivity index (χ1v) is 5.98. The van der Waals surface area contributed by atoms with Crippen molar-refractivity contribution in [3.05, 3.63) is 23.9 Å². The fraction of sp³-hybridized carbons (Fsp3) is 0.615. The zero-order chi connectivity index (χ0) is 12.7. The Kier molecular flexibility index (Phi) is 5.94. The van der Waals surface area contributed by atoms with E-state index >= 15 is 0 Å². The third-order valence-corrected chi connectivity index (χ3v) is 2.58. The number of pyridine rings is 1. The van der Waals surface area contributed by atoms with Gasteiger partial charge in [0.05, 0.1) is 13.7 Å². The molecule has 0 fully saturated rings. The molecule has 0 bridgehead atoms. The summed E-state index contributed by atoms with van der Waals surface area (Å²) in [4.78, 5) is 4.14. The topological polar surface area (TPSA) is 54.4 Å². The van der Waals surface area contributed by atoms with Gasteiger partial charge >= 0.3 is 0 Å². The average molecular weight is 238 g/mol. The molecule has 0 saturated heterocycles. The molecule has 0 aliphatic heterocycles. The normalized spacial score (nSPS) is 12.8. The fourth-order valence-electron chi connectivity index (χ4n) is 1.69. The van der Waals surface area contributed by atoms with Crippen molar-refractivity contribution < 1.29 is 9.84 Å². The predicted molar refractivity (Wildman–Crippen MR) is 68.0 cm³/mol. The molecule has 0 spiro atoms. The van der Waals surface area contributed by atoms with Crippen LogP contribution in [0.15, 0.2) is 18.3 Å². The van der Waals surface area contributed by atoms with E-state index in [4.69, 9.17) is 4.74 Å². The molecular weight excluding hydrogens is 216 g/mol. The van der Waals surface area contributed by atoms with Crippen LogP contribution in [0.5, 0.6) is 5.88 Å². The molecule has 4 heteroatoms. The van der Waals surface area contributed by atoms with Crippen molar-refractivity contribution >= 4 is 0 Å². The van der Waals surface area contributed by atoms with E-state index in [1.807, 2.05) is 12.1 Å². The summed E-state index contributed by atoms with van der Waals surface area (Å²) < 4.78 is 5.00. The van der Waals surface area contributed by atoms with Crippen LogP contribution in [0, 0.1) is 5.92 Å². The molecule has 0 saturated carbocycles. The van der Waals surface area contributed by atoms with Gasteiger partial charge in [-0.1, -0.05) is 19.9 Å². The van der Waals surface area contributed by atoms with Gasteiger partial charge in [-0.15, -0.1) is 0 Å². The number of nitrogens with zero attached hydrogens (tertiary/aromatic N) is 1. The van der Waals surface area contributed by atoms with Gasteiger partial charge in [0.2, 0.25) is 5.88 Å². The van der Waals surface area contributed by atoms with E-state index < -0.39 is 0 Å². The van der Waals surface area contributed by atoms with E-state index in [-0.39, 0.29) is 12.6 Å². The Balaban J connectivity index is 2.42. The summed E-state index contributed by atoms with van der Waals surface area (Å²) in [5, 5.41) is 12.6. The predicted octanol–water partition coefficient (Wildman–Crippen LogP) is 1.59. The van der Waals surface area contributed by atoms with Crippen LogP contribution in [0.3, 0.4) is 0 Å². The quantitative estimate of drug-likeness (QED) is 0.757. The highest BCUT2D eigenvalue weighted by atomic mass is 16.5. The first-order chi connectivity index (χ1) is 8.15. The second-order valence-corrected chi connectivity index (χ2v) is 4.60. The van der Waals surface area contributed by atoms with Crippen LogP contribution in [0.25, 0.3) is 0 Å². The molecule has 0 amide bonds. The summed E-state index contributed by atoms with van der Waals surface area (Å²) in [6.45, 7) is 5.19. The number of ether oxygens (including phenoxy) is 1. The molecule has 1 heterocycles. The maximum absolute atomic E-state index is 9.24. The monoisotopic (exact) mass is 238 g/mol. The van der Waals surface area contributed by atoms with E-state index in [9.17, 15) is 5.11 Å². The van der Waals surface area contributed by atoms with Gasteiger partial charge in [0, 0.05) is 24.8 Å². The standard InChI is InChI=1S/C13H22N2O2/c1-10(2)6-12(9-16)14-7-11-4-5-13(17-3)15-8-11/h4-5,8,10,12,14,16H,6-7,9H2,1-3H3. The molecule has 2 N–H and O–H groups in total. The number of nitrogens with one attached hydrogen (secondary N) is 1. The second-order valence-electron chi connectivity index (χ2n) is 4.60. The largest absolute Gasteiger partial charge is 0.481 e. The molecule has 1 atom stereocenters. The fourth-order valence-corrected chi connectivity index (χ4v) is 1.69. The molecule has 1 unspecified atom stereocenters. The first kappa shape index (κ1) is 13.9. The molecule has 0 aromatic carbocycles. The smallest absolute Gasteiger partial charge is 0.212 e. The molecule has 0 radical (unpaired) electrons. The summed E-state index contributed by atoms with van der Waals surface area (Å²) in [6, 6.07) is 3.97. The lowest BCUT2D eigenvalue weighted by Crippen LogP contribution is -2.33. The highest BCUT2D eigenvalue weighted by molar-refractivity contribution is 5.17. The Morgan fingerprint density at radius 1 is 1.41 bits per heavy atom. The van der Waals surface area contributed by atoms with Crippen molar-refractivity contribution in [2.45, 2.75) is 32.9 Å². The van der Waals surface area contributed by atoms with Crippen molar-refractivity contribution in [3.63, 3.8) is 0 Å². The number of rotatable bonds is 7. The van der Waals surface area contributed by atoms with Crippen molar-refractivity contribution in [2.75, 3.05) is 13.7 Å². The van der Waals surface area contributed by atoms with Crippen LogP contribution in [0.2, 0.25) is 0 Å². The lowest BCUT2D eigenvalue weighted by Gasteiger charge is -2.18. The molecule has 0 aliphatic rings. The molecule has 17 heavy (non-hydrogen) atoms. The molecular formula is C13H22N2O2. The molecule has 1 aromatic rings. The van der Waals surface area contributed by atoms with Gasteiger partial charge in [-0.3, -0.25) is 0 Å². The average Bonchev–Trinajstić information content (AvgIpc) is 2.34.